The summed E-state index contributed by atoms with van der Waals surface area (Å²) in [6.45, 7) is 14.8. The molecule has 1 aromatic carbocycles. The molecule has 6 heteroatoms. The Hall–Kier alpha value is -2.05. The van der Waals surface area contributed by atoms with Crippen molar-refractivity contribution in [2.24, 2.45) is 46.3 Å². The molecule has 262 valence electrons. The van der Waals surface area contributed by atoms with Crippen molar-refractivity contribution >= 4 is 17.5 Å². The predicted molar refractivity (Wildman–Crippen MR) is 187 cm³/mol. The number of amides is 1. The molecule has 6 nitrogen and oxygen atoms in total. The largest absolute Gasteiger partial charge is 0.378 e. The molecule has 4 aliphatic carbocycles. The third-order valence-corrected chi connectivity index (χ3v) is 13.6. The molecule has 4 saturated carbocycles. The normalized spacial score (nSPS) is 35.3. The molecule has 0 bridgehead atoms. The Morgan fingerprint density at radius 2 is 1.55 bits per heavy atom. The maximum Gasteiger partial charge on any atom is 0.220 e. The average Bonchev–Trinajstić information content (AvgIpc) is 3.39. The van der Waals surface area contributed by atoms with Crippen LogP contribution in [0.3, 0.4) is 0 Å². The molecular weight excluding hydrogens is 586 g/mol. The number of aryl methyl sites for hydroxylation is 1. The number of benzene rings is 1. The molecule has 10 atom stereocenters. The van der Waals surface area contributed by atoms with Crippen LogP contribution in [0.4, 0.5) is 0 Å². The molecule has 4 unspecified atom stereocenters. The first kappa shape index (κ1) is 36.2. The molecule has 0 radical (unpaired) electrons. The molecule has 1 amide bonds. The van der Waals surface area contributed by atoms with Gasteiger partial charge in [0.1, 0.15) is 11.6 Å². The fourth-order valence-corrected chi connectivity index (χ4v) is 10.9. The van der Waals surface area contributed by atoms with E-state index in [0.29, 0.717) is 79.9 Å². The highest BCUT2D eigenvalue weighted by molar-refractivity contribution is 5.76. The van der Waals surface area contributed by atoms with Gasteiger partial charge < -0.3 is 19.6 Å². The minimum Gasteiger partial charge on any atom is -0.378 e. The lowest BCUT2D eigenvalue weighted by atomic mass is 9.43. The fourth-order valence-electron chi connectivity index (χ4n) is 10.9. The zero-order valence-corrected chi connectivity index (χ0v) is 30.3. The predicted octanol–water partition coefficient (Wildman–Crippen LogP) is 8.42. The highest BCUT2D eigenvalue weighted by Crippen LogP contribution is 2.69. The first-order chi connectivity index (χ1) is 22.4. The Morgan fingerprint density at radius 1 is 0.851 bits per heavy atom. The SMILES string of the molecule is CC(=O)CCCO[C@@H]1C[C@@H]2CC(OCCC(C)=O)CC[C@]2(C)C2CC[C@@]3(C)C(CC[C@H]3C(C)CCC(=O)NCc3ccc(C)cc3)[C@@H]21. The van der Waals surface area contributed by atoms with E-state index < -0.39 is 0 Å². The topological polar surface area (TPSA) is 81.7 Å². The monoisotopic (exact) mass is 649 g/mol. The average molecular weight is 650 g/mol. The van der Waals surface area contributed by atoms with Gasteiger partial charge in [0.25, 0.3) is 0 Å². The Morgan fingerprint density at radius 3 is 2.28 bits per heavy atom. The van der Waals surface area contributed by atoms with Crippen molar-refractivity contribution in [3.8, 4) is 0 Å². The minimum absolute atomic E-state index is 0.159. The van der Waals surface area contributed by atoms with Crippen LogP contribution in [0, 0.1) is 53.3 Å². The van der Waals surface area contributed by atoms with Crippen LogP contribution in [0.2, 0.25) is 0 Å². The number of carbonyl (C=O) groups is 3. The zero-order valence-electron chi connectivity index (χ0n) is 30.3. The van der Waals surface area contributed by atoms with Crippen LogP contribution in [-0.4, -0.2) is 42.9 Å². The second kappa shape index (κ2) is 15.7. The van der Waals surface area contributed by atoms with E-state index in [-0.39, 0.29) is 35.1 Å². The maximum absolute atomic E-state index is 12.9. The second-order valence-electron chi connectivity index (χ2n) is 16.7. The molecule has 0 spiro atoms. The first-order valence-corrected chi connectivity index (χ1v) is 18.9. The smallest absolute Gasteiger partial charge is 0.220 e. The lowest BCUT2D eigenvalue weighted by molar-refractivity contribution is -0.192. The standard InChI is InChI=1S/C41H63NO5/c1-27-9-12-31(13-10-27)26-42-38(45)16-11-28(2)34-14-15-35-39-36(18-21-41(34,35)6)40(5)20-17-33(46-23-19-30(4)44)24-32(40)25-37(39)47-22-7-8-29(3)43/h9-10,12-13,28,32-37,39H,7-8,11,14-26H2,1-6H3,(H,42,45)/t28?,32-,33?,34-,35?,36?,37+,39-,40-,41+/m0/s1. The molecule has 0 heterocycles. The molecule has 4 fully saturated rings. The van der Waals surface area contributed by atoms with Gasteiger partial charge in [-0.3, -0.25) is 9.59 Å². The summed E-state index contributed by atoms with van der Waals surface area (Å²) >= 11 is 0. The lowest BCUT2D eigenvalue weighted by Crippen LogP contribution is -2.59. The van der Waals surface area contributed by atoms with Gasteiger partial charge in [0.15, 0.2) is 0 Å². The number of nitrogens with one attached hydrogen (secondary N) is 1. The Labute approximate surface area is 284 Å². The van der Waals surface area contributed by atoms with Gasteiger partial charge in [0.2, 0.25) is 5.91 Å². The number of ketones is 2. The van der Waals surface area contributed by atoms with Crippen LogP contribution in [0.25, 0.3) is 0 Å². The van der Waals surface area contributed by atoms with Crippen molar-refractivity contribution in [2.45, 2.75) is 144 Å². The van der Waals surface area contributed by atoms with Gasteiger partial charge >= 0.3 is 0 Å². The number of fused-ring (bicyclic) bond motifs is 5. The van der Waals surface area contributed by atoms with Gasteiger partial charge in [-0.05, 0) is 137 Å². The van der Waals surface area contributed by atoms with Gasteiger partial charge in [-0.25, -0.2) is 0 Å². The van der Waals surface area contributed by atoms with Crippen molar-refractivity contribution in [1.82, 2.24) is 5.32 Å². The highest BCUT2D eigenvalue weighted by Gasteiger charge is 2.63. The summed E-state index contributed by atoms with van der Waals surface area (Å²) in [5.74, 6) is 4.15. The number of hydrogen-bond acceptors (Lipinski definition) is 5. The number of rotatable bonds is 15. The Bertz CT molecular complexity index is 1230. The quantitative estimate of drug-likeness (QED) is 0.193. The van der Waals surface area contributed by atoms with Crippen molar-refractivity contribution in [1.29, 1.82) is 0 Å². The summed E-state index contributed by atoms with van der Waals surface area (Å²) < 4.78 is 13.1. The third kappa shape index (κ3) is 8.40. The molecule has 4 aliphatic rings. The van der Waals surface area contributed by atoms with Crippen LogP contribution >= 0.6 is 0 Å². The Balaban J connectivity index is 1.24. The number of Topliss-reactive ketones (excluding diaryl/α,β-unsaturated/α-hetero) is 2. The lowest BCUT2D eigenvalue weighted by Gasteiger charge is -2.63. The van der Waals surface area contributed by atoms with E-state index >= 15 is 0 Å². The molecule has 5 rings (SSSR count). The van der Waals surface area contributed by atoms with E-state index in [1.165, 1.54) is 37.7 Å². The van der Waals surface area contributed by atoms with E-state index in [9.17, 15) is 14.4 Å². The van der Waals surface area contributed by atoms with Gasteiger partial charge in [-0.1, -0.05) is 50.6 Å². The molecule has 0 aliphatic heterocycles. The van der Waals surface area contributed by atoms with Crippen molar-refractivity contribution in [3.05, 3.63) is 35.4 Å². The van der Waals surface area contributed by atoms with Crippen molar-refractivity contribution in [3.63, 3.8) is 0 Å². The van der Waals surface area contributed by atoms with Gasteiger partial charge in [-0.2, -0.15) is 0 Å². The maximum atomic E-state index is 12.9. The van der Waals surface area contributed by atoms with Gasteiger partial charge in [0, 0.05) is 32.4 Å². The molecule has 47 heavy (non-hydrogen) atoms. The fraction of sp³-hybridized carbons (Fsp3) is 0.780. The van der Waals surface area contributed by atoms with E-state index in [4.69, 9.17) is 9.47 Å². The van der Waals surface area contributed by atoms with Crippen LogP contribution in [-0.2, 0) is 30.4 Å². The van der Waals surface area contributed by atoms with Crippen molar-refractivity contribution < 1.29 is 23.9 Å². The van der Waals surface area contributed by atoms with Gasteiger partial charge in [-0.15, -0.1) is 0 Å². The minimum atomic E-state index is 0.159. The molecule has 1 N–H and O–H groups in total. The molecular formula is C41H63NO5. The van der Waals surface area contributed by atoms with Crippen LogP contribution < -0.4 is 5.32 Å². The van der Waals surface area contributed by atoms with Crippen LogP contribution in [0.5, 0.6) is 0 Å². The summed E-state index contributed by atoms with van der Waals surface area (Å²) in [6, 6.07) is 8.39. The number of hydrogen-bond donors (Lipinski definition) is 1. The Kier molecular flexibility index (Phi) is 12.1. The first-order valence-electron chi connectivity index (χ1n) is 18.9. The second-order valence-corrected chi connectivity index (χ2v) is 16.7. The van der Waals surface area contributed by atoms with E-state index in [0.717, 1.165) is 37.7 Å². The molecule has 1 aromatic rings. The van der Waals surface area contributed by atoms with E-state index in [1.54, 1.807) is 13.8 Å². The summed E-state index contributed by atoms with van der Waals surface area (Å²) in [4.78, 5) is 36.1. The number of carbonyl (C=O) groups excluding carboxylic acids is 3. The molecule has 0 aromatic heterocycles. The van der Waals surface area contributed by atoms with Crippen molar-refractivity contribution in [2.75, 3.05) is 13.2 Å². The highest BCUT2D eigenvalue weighted by atomic mass is 16.5. The number of ether oxygens (including phenoxy) is 2. The summed E-state index contributed by atoms with van der Waals surface area (Å²) in [5.41, 5.74) is 2.95. The van der Waals surface area contributed by atoms with Crippen LogP contribution in [0.1, 0.15) is 129 Å². The third-order valence-electron chi connectivity index (χ3n) is 13.6. The summed E-state index contributed by atoms with van der Waals surface area (Å²) in [6.07, 6.45) is 13.4. The summed E-state index contributed by atoms with van der Waals surface area (Å²) in [5, 5.41) is 3.15. The summed E-state index contributed by atoms with van der Waals surface area (Å²) in [7, 11) is 0. The van der Waals surface area contributed by atoms with Gasteiger partial charge in [0.05, 0.1) is 18.8 Å². The van der Waals surface area contributed by atoms with Crippen LogP contribution in [0.15, 0.2) is 24.3 Å². The van der Waals surface area contributed by atoms with E-state index in [2.05, 4.69) is 57.3 Å². The van der Waals surface area contributed by atoms with E-state index in [1.807, 2.05) is 0 Å². The zero-order chi connectivity index (χ0) is 33.8. The molecule has 0 saturated heterocycles.